The van der Waals surface area contributed by atoms with Crippen LogP contribution in [0, 0.1) is 11.3 Å². The summed E-state index contributed by atoms with van der Waals surface area (Å²) in [5.74, 6) is 0.986. The van der Waals surface area contributed by atoms with Crippen molar-refractivity contribution in [2.45, 2.75) is 0 Å². The zero-order valence-corrected chi connectivity index (χ0v) is 15.3. The predicted octanol–water partition coefficient (Wildman–Crippen LogP) is 3.36. The Morgan fingerprint density at radius 3 is 2.46 bits per heavy atom. The standard InChI is InChI=1S/C20H17N5O3/c1-27-15-7-8-17(18(9-15)28-2)24-19(26)14-11-22-20(23-12-14)25-16-6-4-3-5-13(16)10-21/h3-9,11-12H,1-2H3,(H,24,26)(H,22,23,25). The van der Waals surface area contributed by atoms with E-state index >= 15 is 0 Å². The van der Waals surface area contributed by atoms with Crippen molar-refractivity contribution in [3.8, 4) is 17.6 Å². The van der Waals surface area contributed by atoms with E-state index in [9.17, 15) is 4.79 Å². The molecule has 1 amide bonds. The van der Waals surface area contributed by atoms with Crippen LogP contribution < -0.4 is 20.1 Å². The summed E-state index contributed by atoms with van der Waals surface area (Å²) in [5.41, 5.74) is 1.83. The Bertz CT molecular complexity index is 1030. The SMILES string of the molecule is COc1ccc(NC(=O)c2cnc(Nc3ccccc3C#N)nc2)c(OC)c1. The third-order valence-electron chi connectivity index (χ3n) is 3.86. The van der Waals surface area contributed by atoms with Crippen molar-refractivity contribution < 1.29 is 14.3 Å². The van der Waals surface area contributed by atoms with Gasteiger partial charge in [0.2, 0.25) is 5.95 Å². The lowest BCUT2D eigenvalue weighted by molar-refractivity contribution is 0.102. The van der Waals surface area contributed by atoms with Crippen LogP contribution in [0.4, 0.5) is 17.3 Å². The Morgan fingerprint density at radius 1 is 1.04 bits per heavy atom. The zero-order chi connectivity index (χ0) is 19.9. The summed E-state index contributed by atoms with van der Waals surface area (Å²) < 4.78 is 10.4. The molecule has 140 valence electrons. The van der Waals surface area contributed by atoms with E-state index in [1.54, 1.807) is 49.6 Å². The number of benzene rings is 2. The van der Waals surface area contributed by atoms with Crippen LogP contribution in [0.3, 0.4) is 0 Å². The fourth-order valence-electron chi connectivity index (χ4n) is 2.42. The van der Waals surface area contributed by atoms with Crippen LogP contribution in [-0.2, 0) is 0 Å². The lowest BCUT2D eigenvalue weighted by Crippen LogP contribution is -2.14. The van der Waals surface area contributed by atoms with Gasteiger partial charge in [-0.15, -0.1) is 0 Å². The summed E-state index contributed by atoms with van der Waals surface area (Å²) in [6.45, 7) is 0. The predicted molar refractivity (Wildman–Crippen MR) is 104 cm³/mol. The quantitative estimate of drug-likeness (QED) is 0.680. The Morgan fingerprint density at radius 2 is 1.79 bits per heavy atom. The molecule has 1 heterocycles. The molecule has 3 aromatic rings. The molecule has 0 saturated carbocycles. The molecule has 0 aliphatic rings. The number of carbonyl (C=O) groups excluding carboxylic acids is 1. The second-order valence-corrected chi connectivity index (χ2v) is 5.60. The topological polar surface area (TPSA) is 109 Å². The van der Waals surface area contributed by atoms with Crippen LogP contribution in [0.2, 0.25) is 0 Å². The zero-order valence-electron chi connectivity index (χ0n) is 15.3. The Hall–Kier alpha value is -4.12. The van der Waals surface area contributed by atoms with Gasteiger partial charge in [-0.3, -0.25) is 4.79 Å². The lowest BCUT2D eigenvalue weighted by atomic mass is 10.2. The Labute approximate surface area is 161 Å². The second kappa shape index (κ2) is 8.51. The summed E-state index contributed by atoms with van der Waals surface area (Å²) >= 11 is 0. The monoisotopic (exact) mass is 375 g/mol. The number of nitrogens with one attached hydrogen (secondary N) is 2. The van der Waals surface area contributed by atoms with Gasteiger partial charge < -0.3 is 20.1 Å². The third kappa shape index (κ3) is 4.16. The number of para-hydroxylation sites is 1. The van der Waals surface area contributed by atoms with Gasteiger partial charge in [-0.1, -0.05) is 12.1 Å². The fraction of sp³-hybridized carbons (Fsp3) is 0.100. The van der Waals surface area contributed by atoms with Crippen LogP contribution >= 0.6 is 0 Å². The van der Waals surface area contributed by atoms with E-state index in [0.29, 0.717) is 28.4 Å². The minimum absolute atomic E-state index is 0.275. The molecule has 2 N–H and O–H groups in total. The number of hydrogen-bond acceptors (Lipinski definition) is 7. The van der Waals surface area contributed by atoms with E-state index in [1.165, 1.54) is 19.5 Å². The smallest absolute Gasteiger partial charge is 0.258 e. The van der Waals surface area contributed by atoms with Crippen LogP contribution in [-0.4, -0.2) is 30.1 Å². The number of hydrogen-bond donors (Lipinski definition) is 2. The van der Waals surface area contributed by atoms with E-state index in [4.69, 9.17) is 14.7 Å². The van der Waals surface area contributed by atoms with Gasteiger partial charge >= 0.3 is 0 Å². The average molecular weight is 375 g/mol. The number of ether oxygens (including phenoxy) is 2. The molecule has 2 aromatic carbocycles. The Kier molecular flexibility index (Phi) is 5.67. The van der Waals surface area contributed by atoms with Crippen LogP contribution in [0.5, 0.6) is 11.5 Å². The van der Waals surface area contributed by atoms with Gasteiger partial charge in [-0.2, -0.15) is 5.26 Å². The van der Waals surface area contributed by atoms with Crippen molar-refractivity contribution in [3.05, 3.63) is 66.0 Å². The molecule has 1 aromatic heterocycles. The molecule has 3 rings (SSSR count). The highest BCUT2D eigenvalue weighted by Crippen LogP contribution is 2.29. The molecule has 0 unspecified atom stereocenters. The Balaban J connectivity index is 1.73. The van der Waals surface area contributed by atoms with Crippen molar-refractivity contribution in [3.63, 3.8) is 0 Å². The molecule has 8 nitrogen and oxygen atoms in total. The van der Waals surface area contributed by atoms with Gasteiger partial charge in [0.05, 0.1) is 36.7 Å². The minimum atomic E-state index is -0.382. The fourth-order valence-corrected chi connectivity index (χ4v) is 2.42. The maximum Gasteiger partial charge on any atom is 0.258 e. The van der Waals surface area contributed by atoms with Gasteiger partial charge in [-0.05, 0) is 24.3 Å². The molecule has 0 aliphatic carbocycles. The van der Waals surface area contributed by atoms with E-state index in [1.807, 2.05) is 0 Å². The van der Waals surface area contributed by atoms with E-state index in [-0.39, 0.29) is 17.4 Å². The van der Waals surface area contributed by atoms with E-state index in [0.717, 1.165) is 0 Å². The van der Waals surface area contributed by atoms with Gasteiger partial charge in [0.25, 0.3) is 5.91 Å². The highest BCUT2D eigenvalue weighted by Gasteiger charge is 2.12. The molecule has 0 saturated heterocycles. The minimum Gasteiger partial charge on any atom is -0.497 e. The van der Waals surface area contributed by atoms with Gasteiger partial charge in [0, 0.05) is 18.5 Å². The largest absolute Gasteiger partial charge is 0.497 e. The summed E-state index contributed by atoms with van der Waals surface area (Å²) in [6, 6.07) is 14.2. The molecule has 0 spiro atoms. The number of nitrogens with zero attached hydrogens (tertiary/aromatic N) is 3. The molecular weight excluding hydrogens is 358 g/mol. The molecular formula is C20H17N5O3. The molecule has 0 bridgehead atoms. The van der Waals surface area contributed by atoms with Crippen molar-refractivity contribution in [2.24, 2.45) is 0 Å². The van der Waals surface area contributed by atoms with Crippen molar-refractivity contribution >= 4 is 23.2 Å². The third-order valence-corrected chi connectivity index (χ3v) is 3.86. The van der Waals surface area contributed by atoms with Crippen molar-refractivity contribution in [1.82, 2.24) is 9.97 Å². The summed E-state index contributed by atoms with van der Waals surface area (Å²) in [5, 5.41) is 14.8. The first-order valence-corrected chi connectivity index (χ1v) is 8.26. The normalized spacial score (nSPS) is 9.89. The maximum absolute atomic E-state index is 12.5. The first kappa shape index (κ1) is 18.7. The molecule has 28 heavy (non-hydrogen) atoms. The number of anilines is 3. The van der Waals surface area contributed by atoms with Gasteiger partial charge in [-0.25, -0.2) is 9.97 Å². The number of carbonyl (C=O) groups is 1. The van der Waals surface area contributed by atoms with Crippen LogP contribution in [0.15, 0.2) is 54.9 Å². The molecule has 8 heteroatoms. The van der Waals surface area contributed by atoms with Crippen LogP contribution in [0.1, 0.15) is 15.9 Å². The first-order chi connectivity index (χ1) is 13.6. The first-order valence-electron chi connectivity index (χ1n) is 8.26. The van der Waals surface area contributed by atoms with Crippen molar-refractivity contribution in [1.29, 1.82) is 5.26 Å². The highest BCUT2D eigenvalue weighted by molar-refractivity contribution is 6.04. The second-order valence-electron chi connectivity index (χ2n) is 5.60. The van der Waals surface area contributed by atoms with Crippen molar-refractivity contribution in [2.75, 3.05) is 24.9 Å². The summed E-state index contributed by atoms with van der Waals surface area (Å²) in [6.07, 6.45) is 2.80. The highest BCUT2D eigenvalue weighted by atomic mass is 16.5. The van der Waals surface area contributed by atoms with Gasteiger partial charge in [0.1, 0.15) is 17.6 Å². The molecule has 0 atom stereocenters. The van der Waals surface area contributed by atoms with E-state index in [2.05, 4.69) is 26.7 Å². The van der Waals surface area contributed by atoms with Gasteiger partial charge in [0.15, 0.2) is 0 Å². The molecule has 0 fully saturated rings. The summed E-state index contributed by atoms with van der Waals surface area (Å²) in [7, 11) is 3.06. The lowest BCUT2D eigenvalue weighted by Gasteiger charge is -2.11. The number of methoxy groups -OCH3 is 2. The van der Waals surface area contributed by atoms with E-state index < -0.39 is 0 Å². The van der Waals surface area contributed by atoms with Crippen LogP contribution in [0.25, 0.3) is 0 Å². The number of rotatable bonds is 6. The number of nitriles is 1. The molecule has 0 radical (unpaired) electrons. The average Bonchev–Trinajstić information content (AvgIpc) is 2.74. The summed E-state index contributed by atoms with van der Waals surface area (Å²) in [4.78, 5) is 20.7. The number of aromatic nitrogens is 2. The maximum atomic E-state index is 12.5. The number of amides is 1. The molecule has 0 aliphatic heterocycles.